The van der Waals surface area contributed by atoms with Crippen LogP contribution in [0.25, 0.3) is 0 Å². The fourth-order valence-corrected chi connectivity index (χ4v) is 3.78. The van der Waals surface area contributed by atoms with Crippen LogP contribution in [0.5, 0.6) is 0 Å². The van der Waals surface area contributed by atoms with Crippen molar-refractivity contribution in [1.29, 1.82) is 0 Å². The van der Waals surface area contributed by atoms with Gasteiger partial charge in [0.25, 0.3) is 0 Å². The van der Waals surface area contributed by atoms with E-state index >= 15 is 0 Å². The van der Waals surface area contributed by atoms with Gasteiger partial charge in [-0.2, -0.15) is 0 Å². The summed E-state index contributed by atoms with van der Waals surface area (Å²) in [6.07, 6.45) is 3.93. The molecule has 0 aliphatic carbocycles. The molecule has 2 aliphatic heterocycles. The van der Waals surface area contributed by atoms with E-state index in [0.29, 0.717) is 12.1 Å². The molecule has 2 saturated heterocycles. The summed E-state index contributed by atoms with van der Waals surface area (Å²) >= 11 is 0. The average molecular weight is 317 g/mol. The van der Waals surface area contributed by atoms with Crippen molar-refractivity contribution in [3.8, 4) is 0 Å². The lowest BCUT2D eigenvalue weighted by Gasteiger charge is -2.42. The standard InChI is InChI=1S/C18H31N5/c1-3-21-9-11-22(12-10-21)15-18(17-5-4-6-19-13-17)23-8-7-20-16(2)14-23/h4-6,13,16,18,20H,3,7-12,14-15H2,1-2H3. The predicted octanol–water partition coefficient (Wildman–Crippen LogP) is 1.05. The third kappa shape index (κ3) is 4.51. The van der Waals surface area contributed by atoms with E-state index in [4.69, 9.17) is 0 Å². The Kier molecular flexibility index (Phi) is 6.00. The summed E-state index contributed by atoms with van der Waals surface area (Å²) < 4.78 is 0. The van der Waals surface area contributed by atoms with Crippen molar-refractivity contribution < 1.29 is 0 Å². The van der Waals surface area contributed by atoms with Gasteiger partial charge >= 0.3 is 0 Å². The molecule has 1 aromatic heterocycles. The molecule has 0 saturated carbocycles. The lowest BCUT2D eigenvalue weighted by molar-refractivity contribution is 0.0779. The summed E-state index contributed by atoms with van der Waals surface area (Å²) in [6, 6.07) is 5.34. The molecular formula is C18H31N5. The number of nitrogens with zero attached hydrogens (tertiary/aromatic N) is 4. The maximum atomic E-state index is 4.37. The summed E-state index contributed by atoms with van der Waals surface area (Å²) in [6.45, 7) is 14.9. The van der Waals surface area contributed by atoms with Gasteiger partial charge in [-0.15, -0.1) is 0 Å². The molecule has 23 heavy (non-hydrogen) atoms. The molecule has 0 radical (unpaired) electrons. The molecule has 0 aromatic carbocycles. The first-order valence-electron chi connectivity index (χ1n) is 9.08. The van der Waals surface area contributed by atoms with Gasteiger partial charge in [0.2, 0.25) is 0 Å². The maximum absolute atomic E-state index is 4.37. The van der Waals surface area contributed by atoms with E-state index < -0.39 is 0 Å². The van der Waals surface area contributed by atoms with Crippen LogP contribution in [0.2, 0.25) is 0 Å². The number of likely N-dealkylation sites (N-methyl/N-ethyl adjacent to an activating group) is 1. The molecule has 0 spiro atoms. The first-order chi connectivity index (χ1) is 11.3. The van der Waals surface area contributed by atoms with Gasteiger partial charge in [0.05, 0.1) is 0 Å². The molecule has 2 unspecified atom stereocenters. The molecule has 3 heterocycles. The quantitative estimate of drug-likeness (QED) is 0.878. The summed E-state index contributed by atoms with van der Waals surface area (Å²) in [7, 11) is 0. The minimum Gasteiger partial charge on any atom is -0.312 e. The van der Waals surface area contributed by atoms with Crippen LogP contribution in [0.1, 0.15) is 25.5 Å². The van der Waals surface area contributed by atoms with E-state index in [0.717, 1.165) is 26.2 Å². The zero-order valence-corrected chi connectivity index (χ0v) is 14.6. The fourth-order valence-electron chi connectivity index (χ4n) is 3.78. The van der Waals surface area contributed by atoms with Crippen LogP contribution in [0.3, 0.4) is 0 Å². The van der Waals surface area contributed by atoms with Crippen molar-refractivity contribution in [1.82, 2.24) is 25.0 Å². The first-order valence-corrected chi connectivity index (χ1v) is 9.08. The maximum Gasteiger partial charge on any atom is 0.0491 e. The fraction of sp³-hybridized carbons (Fsp3) is 0.722. The Bertz CT molecular complexity index is 458. The van der Waals surface area contributed by atoms with Crippen LogP contribution in [0, 0.1) is 0 Å². The number of nitrogens with one attached hydrogen (secondary N) is 1. The van der Waals surface area contributed by atoms with Gasteiger partial charge in [-0.05, 0) is 25.1 Å². The van der Waals surface area contributed by atoms with Gasteiger partial charge in [0, 0.05) is 76.8 Å². The third-order valence-corrected chi connectivity index (χ3v) is 5.25. The van der Waals surface area contributed by atoms with Gasteiger partial charge in [-0.1, -0.05) is 13.0 Å². The van der Waals surface area contributed by atoms with Gasteiger partial charge in [0.1, 0.15) is 0 Å². The minimum atomic E-state index is 0.460. The predicted molar refractivity (Wildman–Crippen MR) is 94.6 cm³/mol. The van der Waals surface area contributed by atoms with Crippen molar-refractivity contribution in [3.63, 3.8) is 0 Å². The molecule has 0 amide bonds. The monoisotopic (exact) mass is 317 g/mol. The molecular weight excluding hydrogens is 286 g/mol. The van der Waals surface area contributed by atoms with Crippen LogP contribution in [-0.2, 0) is 0 Å². The Morgan fingerprint density at radius 3 is 2.65 bits per heavy atom. The van der Waals surface area contributed by atoms with Crippen LogP contribution in [0.15, 0.2) is 24.5 Å². The zero-order valence-electron chi connectivity index (χ0n) is 14.6. The molecule has 0 bridgehead atoms. The number of aromatic nitrogens is 1. The van der Waals surface area contributed by atoms with E-state index in [2.05, 4.69) is 57.2 Å². The van der Waals surface area contributed by atoms with E-state index in [-0.39, 0.29) is 0 Å². The molecule has 1 aromatic rings. The van der Waals surface area contributed by atoms with Crippen LogP contribution in [0.4, 0.5) is 0 Å². The molecule has 2 atom stereocenters. The number of hydrogen-bond donors (Lipinski definition) is 1. The molecule has 2 fully saturated rings. The highest BCUT2D eigenvalue weighted by Crippen LogP contribution is 2.23. The highest BCUT2D eigenvalue weighted by atomic mass is 15.3. The second-order valence-electron chi connectivity index (χ2n) is 6.89. The lowest BCUT2D eigenvalue weighted by Crippen LogP contribution is -2.54. The van der Waals surface area contributed by atoms with Gasteiger partial charge in [-0.25, -0.2) is 0 Å². The summed E-state index contributed by atoms with van der Waals surface area (Å²) in [4.78, 5) is 12.2. The van der Waals surface area contributed by atoms with Crippen LogP contribution >= 0.6 is 0 Å². The van der Waals surface area contributed by atoms with Gasteiger partial charge in [-0.3, -0.25) is 14.8 Å². The number of rotatable bonds is 5. The molecule has 5 heteroatoms. The van der Waals surface area contributed by atoms with Crippen molar-refractivity contribution >= 4 is 0 Å². The van der Waals surface area contributed by atoms with Crippen molar-refractivity contribution in [2.75, 3.05) is 58.9 Å². The highest BCUT2D eigenvalue weighted by molar-refractivity contribution is 5.15. The number of hydrogen-bond acceptors (Lipinski definition) is 5. The Labute approximate surface area is 140 Å². The normalized spacial score (nSPS) is 26.3. The average Bonchev–Trinajstić information content (AvgIpc) is 2.61. The van der Waals surface area contributed by atoms with Crippen molar-refractivity contribution in [2.45, 2.75) is 25.9 Å². The zero-order chi connectivity index (χ0) is 16.1. The lowest BCUT2D eigenvalue weighted by atomic mass is 10.0. The number of pyridine rings is 1. The summed E-state index contributed by atoms with van der Waals surface area (Å²) in [5.74, 6) is 0. The van der Waals surface area contributed by atoms with Crippen LogP contribution in [-0.4, -0.2) is 84.6 Å². The summed E-state index contributed by atoms with van der Waals surface area (Å²) in [5.41, 5.74) is 1.36. The topological polar surface area (TPSA) is 34.6 Å². The second kappa shape index (κ2) is 8.20. The smallest absolute Gasteiger partial charge is 0.0491 e. The van der Waals surface area contributed by atoms with E-state index in [1.807, 2.05) is 6.20 Å². The number of piperazine rings is 2. The molecule has 5 nitrogen and oxygen atoms in total. The second-order valence-corrected chi connectivity index (χ2v) is 6.89. The molecule has 2 aliphatic rings. The first kappa shape index (κ1) is 16.8. The highest BCUT2D eigenvalue weighted by Gasteiger charge is 2.28. The molecule has 128 valence electrons. The van der Waals surface area contributed by atoms with E-state index in [1.54, 1.807) is 0 Å². The SMILES string of the molecule is CCN1CCN(CC(c2cccnc2)N2CCNC(C)C2)CC1. The van der Waals surface area contributed by atoms with E-state index in [9.17, 15) is 0 Å². The Morgan fingerprint density at radius 1 is 1.22 bits per heavy atom. The third-order valence-electron chi connectivity index (χ3n) is 5.25. The molecule has 3 rings (SSSR count). The largest absolute Gasteiger partial charge is 0.312 e. The molecule has 1 N–H and O–H groups in total. The van der Waals surface area contributed by atoms with Gasteiger partial charge in [0.15, 0.2) is 0 Å². The minimum absolute atomic E-state index is 0.460. The Morgan fingerprint density at radius 2 is 2.00 bits per heavy atom. The Hall–Kier alpha value is -1.01. The van der Waals surface area contributed by atoms with Crippen LogP contribution < -0.4 is 5.32 Å². The van der Waals surface area contributed by atoms with Gasteiger partial charge < -0.3 is 10.2 Å². The Balaban J connectivity index is 1.68. The van der Waals surface area contributed by atoms with E-state index in [1.165, 1.54) is 38.3 Å². The van der Waals surface area contributed by atoms with Crippen molar-refractivity contribution in [2.24, 2.45) is 0 Å². The van der Waals surface area contributed by atoms with Crippen molar-refractivity contribution in [3.05, 3.63) is 30.1 Å². The summed E-state index contributed by atoms with van der Waals surface area (Å²) in [5, 5.41) is 3.56.